The Hall–Kier alpha value is -1.39. The van der Waals surface area contributed by atoms with Gasteiger partial charge < -0.3 is 10.5 Å². The maximum absolute atomic E-state index is 5.96. The summed E-state index contributed by atoms with van der Waals surface area (Å²) in [7, 11) is 0. The zero-order valence-electron chi connectivity index (χ0n) is 10.7. The lowest BCUT2D eigenvalue weighted by atomic mass is 10.1. The van der Waals surface area contributed by atoms with E-state index in [1.165, 1.54) is 0 Å². The molecule has 0 amide bonds. The first-order chi connectivity index (χ1) is 8.69. The zero-order chi connectivity index (χ0) is 13.0. The number of nitrogens with two attached hydrogens (primary N) is 1. The SMILES string of the molecule is CCC(N)c1ccc(OCc2cnc(C)s2)cc1. The molecule has 96 valence electrons. The van der Waals surface area contributed by atoms with Crippen molar-refractivity contribution in [3.05, 3.63) is 45.9 Å². The minimum Gasteiger partial charge on any atom is -0.488 e. The molecule has 4 heteroatoms. The lowest BCUT2D eigenvalue weighted by Crippen LogP contribution is -2.08. The van der Waals surface area contributed by atoms with Crippen LogP contribution in [0.4, 0.5) is 0 Å². The van der Waals surface area contributed by atoms with E-state index >= 15 is 0 Å². The van der Waals surface area contributed by atoms with Gasteiger partial charge in [0.25, 0.3) is 0 Å². The van der Waals surface area contributed by atoms with E-state index in [2.05, 4.69) is 11.9 Å². The van der Waals surface area contributed by atoms with E-state index in [-0.39, 0.29) is 6.04 Å². The topological polar surface area (TPSA) is 48.1 Å². The van der Waals surface area contributed by atoms with Crippen LogP contribution >= 0.6 is 11.3 Å². The summed E-state index contributed by atoms with van der Waals surface area (Å²) in [6.45, 7) is 4.65. The molecule has 0 bridgehead atoms. The Morgan fingerprint density at radius 1 is 1.33 bits per heavy atom. The Morgan fingerprint density at radius 3 is 2.61 bits per heavy atom. The number of aryl methyl sites for hydroxylation is 1. The molecule has 0 aliphatic rings. The lowest BCUT2D eigenvalue weighted by Gasteiger charge is -2.10. The molecule has 1 aromatic heterocycles. The van der Waals surface area contributed by atoms with E-state index in [9.17, 15) is 0 Å². The predicted octanol–water partition coefficient (Wildman–Crippen LogP) is 3.44. The molecule has 0 spiro atoms. The van der Waals surface area contributed by atoms with Crippen molar-refractivity contribution in [1.29, 1.82) is 0 Å². The van der Waals surface area contributed by atoms with E-state index in [0.717, 1.165) is 27.6 Å². The van der Waals surface area contributed by atoms with Gasteiger partial charge in [0.15, 0.2) is 0 Å². The van der Waals surface area contributed by atoms with Gasteiger partial charge in [-0.1, -0.05) is 19.1 Å². The van der Waals surface area contributed by atoms with Crippen LogP contribution < -0.4 is 10.5 Å². The van der Waals surface area contributed by atoms with Crippen LogP contribution in [0.3, 0.4) is 0 Å². The van der Waals surface area contributed by atoms with Gasteiger partial charge in [0.1, 0.15) is 12.4 Å². The highest BCUT2D eigenvalue weighted by molar-refractivity contribution is 7.11. The number of thiazole rings is 1. The number of rotatable bonds is 5. The molecule has 0 radical (unpaired) electrons. The van der Waals surface area contributed by atoms with Gasteiger partial charge in [0.2, 0.25) is 0 Å². The second kappa shape index (κ2) is 5.98. The molecule has 1 unspecified atom stereocenters. The largest absolute Gasteiger partial charge is 0.488 e. The fourth-order valence-corrected chi connectivity index (χ4v) is 2.38. The fourth-order valence-electron chi connectivity index (χ4n) is 1.67. The summed E-state index contributed by atoms with van der Waals surface area (Å²) in [5.74, 6) is 0.869. The van der Waals surface area contributed by atoms with Gasteiger partial charge in [-0.25, -0.2) is 4.98 Å². The molecule has 2 N–H and O–H groups in total. The molecule has 3 nitrogen and oxygen atoms in total. The summed E-state index contributed by atoms with van der Waals surface area (Å²) in [4.78, 5) is 5.34. The standard InChI is InChI=1S/C14H18N2OS/c1-3-14(15)11-4-6-12(7-5-11)17-9-13-8-16-10(2)18-13/h4-8,14H,3,9,15H2,1-2H3. The smallest absolute Gasteiger partial charge is 0.124 e. The van der Waals surface area contributed by atoms with Gasteiger partial charge in [-0.2, -0.15) is 0 Å². The first-order valence-corrected chi connectivity index (χ1v) is 6.90. The monoisotopic (exact) mass is 262 g/mol. The summed E-state index contributed by atoms with van der Waals surface area (Å²) >= 11 is 1.66. The third kappa shape index (κ3) is 3.31. The summed E-state index contributed by atoms with van der Waals surface area (Å²) in [6, 6.07) is 8.11. The highest BCUT2D eigenvalue weighted by Gasteiger charge is 2.04. The molecule has 2 rings (SSSR count). The lowest BCUT2D eigenvalue weighted by molar-refractivity contribution is 0.309. The van der Waals surface area contributed by atoms with Crippen LogP contribution in [0.2, 0.25) is 0 Å². The molecule has 0 fully saturated rings. The molecule has 1 heterocycles. The summed E-state index contributed by atoms with van der Waals surface area (Å²) < 4.78 is 5.70. The Morgan fingerprint density at radius 2 is 2.06 bits per heavy atom. The number of hydrogen-bond acceptors (Lipinski definition) is 4. The number of ether oxygens (including phenoxy) is 1. The van der Waals surface area contributed by atoms with Crippen LogP contribution in [-0.4, -0.2) is 4.98 Å². The van der Waals surface area contributed by atoms with Gasteiger partial charge in [0, 0.05) is 12.2 Å². The maximum Gasteiger partial charge on any atom is 0.124 e. The summed E-state index contributed by atoms with van der Waals surface area (Å²) in [5.41, 5.74) is 7.12. The summed E-state index contributed by atoms with van der Waals surface area (Å²) in [6.07, 6.45) is 2.81. The van der Waals surface area contributed by atoms with Crippen molar-refractivity contribution >= 4 is 11.3 Å². The van der Waals surface area contributed by atoms with E-state index in [0.29, 0.717) is 6.61 Å². The predicted molar refractivity (Wildman–Crippen MR) is 74.8 cm³/mol. The van der Waals surface area contributed by atoms with Gasteiger partial charge in [-0.3, -0.25) is 0 Å². The number of benzene rings is 1. The Kier molecular flexibility index (Phi) is 4.33. The third-order valence-electron chi connectivity index (χ3n) is 2.80. The van der Waals surface area contributed by atoms with E-state index < -0.39 is 0 Å². The number of aromatic nitrogens is 1. The van der Waals surface area contributed by atoms with Gasteiger partial charge >= 0.3 is 0 Å². The molecule has 1 aromatic carbocycles. The molecule has 1 atom stereocenters. The molecular weight excluding hydrogens is 244 g/mol. The average molecular weight is 262 g/mol. The normalized spacial score (nSPS) is 12.4. The minimum absolute atomic E-state index is 0.114. The van der Waals surface area contributed by atoms with Crippen molar-refractivity contribution in [1.82, 2.24) is 4.98 Å². The van der Waals surface area contributed by atoms with E-state index in [1.807, 2.05) is 37.4 Å². The Balaban J connectivity index is 1.94. The molecule has 0 aliphatic heterocycles. The molecule has 0 saturated carbocycles. The van der Waals surface area contributed by atoms with Crippen LogP contribution in [-0.2, 0) is 6.61 Å². The molecular formula is C14H18N2OS. The summed E-state index contributed by atoms with van der Waals surface area (Å²) in [5, 5.41) is 1.07. The highest BCUT2D eigenvalue weighted by Crippen LogP contribution is 2.20. The van der Waals surface area contributed by atoms with Crippen LogP contribution in [0.15, 0.2) is 30.5 Å². The third-order valence-corrected chi connectivity index (χ3v) is 3.68. The van der Waals surface area contributed by atoms with Gasteiger partial charge in [-0.05, 0) is 31.0 Å². The second-order valence-electron chi connectivity index (χ2n) is 4.22. The Labute approximate surface area is 112 Å². The van der Waals surface area contributed by atoms with Crippen molar-refractivity contribution in [3.8, 4) is 5.75 Å². The number of hydrogen-bond donors (Lipinski definition) is 1. The first-order valence-electron chi connectivity index (χ1n) is 6.08. The second-order valence-corrected chi connectivity index (χ2v) is 5.54. The van der Waals surface area contributed by atoms with Crippen molar-refractivity contribution in [2.24, 2.45) is 5.73 Å². The van der Waals surface area contributed by atoms with Crippen LogP contribution in [0.1, 0.15) is 34.8 Å². The fraction of sp³-hybridized carbons (Fsp3) is 0.357. The average Bonchev–Trinajstić information content (AvgIpc) is 2.82. The molecule has 2 aromatic rings. The quantitative estimate of drug-likeness (QED) is 0.898. The number of nitrogens with zero attached hydrogens (tertiary/aromatic N) is 1. The van der Waals surface area contributed by atoms with Crippen molar-refractivity contribution in [2.45, 2.75) is 32.9 Å². The van der Waals surface area contributed by atoms with Gasteiger partial charge in [0.05, 0.1) is 9.88 Å². The molecule has 0 saturated heterocycles. The van der Waals surface area contributed by atoms with Crippen LogP contribution in [0.25, 0.3) is 0 Å². The van der Waals surface area contributed by atoms with Gasteiger partial charge in [-0.15, -0.1) is 11.3 Å². The van der Waals surface area contributed by atoms with Crippen molar-refractivity contribution < 1.29 is 4.74 Å². The van der Waals surface area contributed by atoms with Crippen molar-refractivity contribution in [3.63, 3.8) is 0 Å². The maximum atomic E-state index is 5.96. The molecule has 0 aliphatic carbocycles. The zero-order valence-corrected chi connectivity index (χ0v) is 11.5. The van der Waals surface area contributed by atoms with Crippen molar-refractivity contribution in [2.75, 3.05) is 0 Å². The van der Waals surface area contributed by atoms with Crippen LogP contribution in [0, 0.1) is 6.92 Å². The van der Waals surface area contributed by atoms with E-state index in [4.69, 9.17) is 10.5 Å². The van der Waals surface area contributed by atoms with Crippen LogP contribution in [0.5, 0.6) is 5.75 Å². The Bertz CT molecular complexity index is 493. The molecule has 18 heavy (non-hydrogen) atoms. The van der Waals surface area contributed by atoms with E-state index in [1.54, 1.807) is 11.3 Å². The first kappa shape index (κ1) is 13.1. The highest BCUT2D eigenvalue weighted by atomic mass is 32.1. The minimum atomic E-state index is 0.114.